The van der Waals surface area contributed by atoms with Crippen LogP contribution in [0, 0.1) is 0 Å². The normalized spacial score (nSPS) is 15.7. The smallest absolute Gasteiger partial charge is 0.330 e. The Hall–Kier alpha value is -3.92. The molecule has 30 heavy (non-hydrogen) atoms. The second-order valence-corrected chi connectivity index (χ2v) is 6.59. The molecule has 4 rings (SSSR count). The van der Waals surface area contributed by atoms with Crippen LogP contribution in [-0.2, 0) is 14.3 Å². The molecule has 0 aliphatic carbocycles. The second-order valence-electron chi connectivity index (χ2n) is 6.59. The number of rotatable bonds is 5. The summed E-state index contributed by atoms with van der Waals surface area (Å²) in [7, 11) is 0. The molecule has 4 nitrogen and oxygen atoms in total. The summed E-state index contributed by atoms with van der Waals surface area (Å²) >= 11 is 0. The predicted octanol–water partition coefficient (Wildman–Crippen LogP) is 5.78. The lowest BCUT2D eigenvalue weighted by molar-refractivity contribution is -0.137. The van der Waals surface area contributed by atoms with E-state index in [9.17, 15) is 4.79 Å². The van der Waals surface area contributed by atoms with Crippen molar-refractivity contribution in [3.63, 3.8) is 0 Å². The van der Waals surface area contributed by atoms with Gasteiger partial charge >= 0.3 is 5.97 Å². The van der Waals surface area contributed by atoms with Gasteiger partial charge in [-0.05, 0) is 36.8 Å². The van der Waals surface area contributed by atoms with Crippen LogP contribution in [0.1, 0.15) is 23.6 Å². The van der Waals surface area contributed by atoms with Crippen molar-refractivity contribution in [2.45, 2.75) is 6.92 Å². The minimum absolute atomic E-state index is 0.327. The summed E-state index contributed by atoms with van der Waals surface area (Å²) in [5.41, 5.74) is 4.37. The number of para-hydroxylation sites is 1. The maximum atomic E-state index is 11.9. The van der Waals surface area contributed by atoms with Crippen molar-refractivity contribution in [3.8, 4) is 0 Å². The molecule has 0 saturated carbocycles. The molecular weight excluding hydrogens is 374 g/mol. The van der Waals surface area contributed by atoms with Crippen molar-refractivity contribution in [2.75, 3.05) is 6.61 Å². The average Bonchev–Trinajstić information content (AvgIpc) is 3.14. The molecule has 0 saturated heterocycles. The standard InChI is InChI=1S/C26H21NO3/c1-2-29-24(28)18-17-21(19-11-5-3-6-12-19)25-22-15-9-10-16-23(22)26(30-25)27-20-13-7-4-8-14-20/h3-18H,2H2,1H3/b18-17+,25-21-,27-26?. The number of ether oxygens (including phenoxy) is 2. The van der Waals surface area contributed by atoms with E-state index in [1.54, 1.807) is 13.0 Å². The summed E-state index contributed by atoms with van der Waals surface area (Å²) < 4.78 is 11.3. The van der Waals surface area contributed by atoms with Gasteiger partial charge in [0.15, 0.2) is 0 Å². The van der Waals surface area contributed by atoms with Crippen LogP contribution in [0.25, 0.3) is 11.3 Å². The Morgan fingerprint density at radius 1 is 0.867 bits per heavy atom. The third kappa shape index (κ3) is 4.23. The lowest BCUT2D eigenvalue weighted by atomic mass is 9.99. The molecule has 4 heteroatoms. The summed E-state index contributed by atoms with van der Waals surface area (Å²) in [6.07, 6.45) is 3.17. The third-order valence-electron chi connectivity index (χ3n) is 4.59. The summed E-state index contributed by atoms with van der Waals surface area (Å²) in [6.45, 7) is 2.11. The van der Waals surface area contributed by atoms with Gasteiger partial charge in [-0.3, -0.25) is 0 Å². The highest BCUT2D eigenvalue weighted by Gasteiger charge is 2.27. The van der Waals surface area contributed by atoms with Crippen LogP contribution in [0.15, 0.2) is 102 Å². The van der Waals surface area contributed by atoms with E-state index in [1.165, 1.54) is 6.08 Å². The average molecular weight is 395 g/mol. The van der Waals surface area contributed by atoms with E-state index in [-0.39, 0.29) is 0 Å². The number of allylic oxidation sites excluding steroid dienone is 2. The van der Waals surface area contributed by atoms with Crippen LogP contribution in [0.4, 0.5) is 5.69 Å². The van der Waals surface area contributed by atoms with Crippen molar-refractivity contribution in [1.29, 1.82) is 0 Å². The van der Waals surface area contributed by atoms with Gasteiger partial charge < -0.3 is 9.47 Å². The van der Waals surface area contributed by atoms with Gasteiger partial charge in [0.25, 0.3) is 0 Å². The van der Waals surface area contributed by atoms with Gasteiger partial charge in [0.05, 0.1) is 12.3 Å². The molecule has 148 valence electrons. The van der Waals surface area contributed by atoms with Crippen molar-refractivity contribution in [3.05, 3.63) is 114 Å². The number of nitrogens with zero attached hydrogens (tertiary/aromatic N) is 1. The Kier molecular flexibility index (Phi) is 5.85. The molecule has 0 unspecified atom stereocenters. The molecule has 1 heterocycles. The van der Waals surface area contributed by atoms with Gasteiger partial charge in [0, 0.05) is 22.8 Å². The number of benzene rings is 3. The van der Waals surface area contributed by atoms with E-state index in [1.807, 2.05) is 84.9 Å². The van der Waals surface area contributed by atoms with Gasteiger partial charge in [-0.1, -0.05) is 66.7 Å². The number of esters is 1. The van der Waals surface area contributed by atoms with E-state index in [0.717, 1.165) is 28.0 Å². The fraction of sp³-hybridized carbons (Fsp3) is 0.0769. The first-order valence-electron chi connectivity index (χ1n) is 9.82. The van der Waals surface area contributed by atoms with Crippen molar-refractivity contribution in [1.82, 2.24) is 0 Å². The summed E-state index contributed by atoms with van der Waals surface area (Å²) in [4.78, 5) is 16.6. The molecule has 0 amide bonds. The van der Waals surface area contributed by atoms with Crippen molar-refractivity contribution < 1.29 is 14.3 Å². The lowest BCUT2D eigenvalue weighted by Gasteiger charge is -2.08. The van der Waals surface area contributed by atoms with Crippen molar-refractivity contribution >= 4 is 28.9 Å². The number of hydrogen-bond donors (Lipinski definition) is 0. The van der Waals surface area contributed by atoms with E-state index >= 15 is 0 Å². The molecule has 1 aliphatic heterocycles. The monoisotopic (exact) mass is 395 g/mol. The minimum Gasteiger partial charge on any atom is -0.463 e. The Morgan fingerprint density at radius 3 is 2.20 bits per heavy atom. The minimum atomic E-state index is -0.393. The highest BCUT2D eigenvalue weighted by atomic mass is 16.5. The van der Waals surface area contributed by atoms with Crippen LogP contribution in [-0.4, -0.2) is 18.5 Å². The zero-order valence-electron chi connectivity index (χ0n) is 16.6. The highest BCUT2D eigenvalue weighted by Crippen LogP contribution is 2.37. The largest absolute Gasteiger partial charge is 0.463 e. The molecule has 0 aromatic heterocycles. The first-order valence-corrected chi connectivity index (χ1v) is 9.82. The van der Waals surface area contributed by atoms with Gasteiger partial charge in [-0.25, -0.2) is 9.79 Å². The summed E-state index contributed by atoms with van der Waals surface area (Å²) in [5, 5.41) is 0. The predicted molar refractivity (Wildman–Crippen MR) is 119 cm³/mol. The zero-order valence-corrected chi connectivity index (χ0v) is 16.6. The molecule has 0 spiro atoms. The van der Waals surface area contributed by atoms with Gasteiger partial charge in [0.2, 0.25) is 5.90 Å². The number of aliphatic imine (C=N–C) groups is 1. The third-order valence-corrected chi connectivity index (χ3v) is 4.59. The topological polar surface area (TPSA) is 47.9 Å². The Morgan fingerprint density at radius 2 is 1.50 bits per heavy atom. The van der Waals surface area contributed by atoms with E-state index < -0.39 is 5.97 Å². The second kappa shape index (κ2) is 9.05. The zero-order chi connectivity index (χ0) is 20.8. The SMILES string of the molecule is CCOC(=O)/C=C/C(=C1/OC(=Nc2ccccc2)c2ccccc21)c1ccccc1. The molecular formula is C26H21NO3. The Balaban J connectivity index is 1.85. The van der Waals surface area contributed by atoms with Gasteiger partial charge in [-0.2, -0.15) is 0 Å². The highest BCUT2D eigenvalue weighted by molar-refractivity contribution is 6.12. The first-order chi connectivity index (χ1) is 14.8. The number of carbonyl (C=O) groups is 1. The fourth-order valence-corrected chi connectivity index (χ4v) is 3.24. The molecule has 0 fully saturated rings. The molecule has 1 aliphatic rings. The molecule has 0 N–H and O–H groups in total. The maximum absolute atomic E-state index is 11.9. The molecule has 3 aromatic rings. The summed E-state index contributed by atoms with van der Waals surface area (Å²) in [5.74, 6) is 0.799. The molecule has 0 atom stereocenters. The fourth-order valence-electron chi connectivity index (χ4n) is 3.24. The van der Waals surface area contributed by atoms with E-state index in [0.29, 0.717) is 18.3 Å². The van der Waals surface area contributed by atoms with Crippen LogP contribution < -0.4 is 0 Å². The quantitative estimate of drug-likeness (QED) is 0.406. The molecule has 3 aromatic carbocycles. The van der Waals surface area contributed by atoms with Crippen LogP contribution in [0.5, 0.6) is 0 Å². The summed E-state index contributed by atoms with van der Waals surface area (Å²) in [6, 6.07) is 27.4. The van der Waals surface area contributed by atoms with E-state index in [2.05, 4.69) is 0 Å². The Bertz CT molecular complexity index is 1130. The number of fused-ring (bicyclic) bond motifs is 1. The van der Waals surface area contributed by atoms with Gasteiger partial charge in [-0.15, -0.1) is 0 Å². The lowest BCUT2D eigenvalue weighted by Crippen LogP contribution is -2.00. The maximum Gasteiger partial charge on any atom is 0.330 e. The van der Waals surface area contributed by atoms with Crippen LogP contribution >= 0.6 is 0 Å². The number of carbonyl (C=O) groups excluding carboxylic acids is 1. The Labute approximate surface area is 175 Å². The van der Waals surface area contributed by atoms with E-state index in [4.69, 9.17) is 14.5 Å². The number of hydrogen-bond acceptors (Lipinski definition) is 4. The van der Waals surface area contributed by atoms with Crippen molar-refractivity contribution in [2.24, 2.45) is 4.99 Å². The first kappa shape index (κ1) is 19.4. The molecule has 0 radical (unpaired) electrons. The van der Waals surface area contributed by atoms with Crippen LogP contribution in [0.2, 0.25) is 0 Å². The van der Waals surface area contributed by atoms with Crippen LogP contribution in [0.3, 0.4) is 0 Å². The van der Waals surface area contributed by atoms with Gasteiger partial charge in [0.1, 0.15) is 5.76 Å². The molecule has 0 bridgehead atoms.